The summed E-state index contributed by atoms with van der Waals surface area (Å²) in [7, 11) is 0. The van der Waals surface area contributed by atoms with Crippen molar-refractivity contribution < 1.29 is 9.59 Å². The number of ketones is 1. The summed E-state index contributed by atoms with van der Waals surface area (Å²) >= 11 is 4.10. The molecule has 11 heteroatoms. The molecular formula is C26H24N6O2S3. The molecule has 0 spiro atoms. The van der Waals surface area contributed by atoms with Crippen LogP contribution in [0.1, 0.15) is 35.6 Å². The Balaban J connectivity index is 1.31. The summed E-state index contributed by atoms with van der Waals surface area (Å²) in [6, 6.07) is 16.1. The number of carbonyl (C=O) groups excluding carboxylic acids is 2. The van der Waals surface area contributed by atoms with Crippen LogP contribution in [-0.2, 0) is 16.0 Å². The first-order valence-electron chi connectivity index (χ1n) is 11.8. The highest BCUT2D eigenvalue weighted by Gasteiger charge is 2.41. The highest BCUT2D eigenvalue weighted by atomic mass is 32.2. The number of nitrogens with zero attached hydrogens (tertiary/aromatic N) is 4. The zero-order chi connectivity index (χ0) is 25.8. The molecule has 1 aliphatic heterocycles. The van der Waals surface area contributed by atoms with Crippen LogP contribution < -0.4 is 16.0 Å². The van der Waals surface area contributed by atoms with Crippen molar-refractivity contribution in [3.8, 4) is 6.07 Å². The molecular weight excluding hydrogens is 525 g/mol. The Morgan fingerprint density at radius 2 is 2.05 bits per heavy atom. The van der Waals surface area contributed by atoms with Gasteiger partial charge < -0.3 is 11.1 Å². The lowest BCUT2D eigenvalue weighted by atomic mass is 9.78. The lowest BCUT2D eigenvalue weighted by Gasteiger charge is -2.37. The maximum absolute atomic E-state index is 13.1. The Hall–Kier alpha value is -3.46. The first-order chi connectivity index (χ1) is 18.1. The number of allylic oxidation sites excluding steroid dienone is 3. The Morgan fingerprint density at radius 3 is 2.81 bits per heavy atom. The fourth-order valence-corrected chi connectivity index (χ4v) is 7.12. The van der Waals surface area contributed by atoms with Gasteiger partial charge in [-0.15, -0.1) is 21.5 Å². The Bertz CT molecular complexity index is 1410. The number of nitriles is 1. The lowest BCUT2D eigenvalue weighted by Crippen LogP contribution is -2.38. The van der Waals surface area contributed by atoms with Gasteiger partial charge in [0, 0.05) is 29.1 Å². The fourth-order valence-electron chi connectivity index (χ4n) is 4.57. The average Bonchev–Trinajstić information content (AvgIpc) is 3.60. The summed E-state index contributed by atoms with van der Waals surface area (Å²) in [5.41, 5.74) is 9.49. The van der Waals surface area contributed by atoms with Crippen LogP contribution in [0.4, 0.5) is 5.13 Å². The van der Waals surface area contributed by atoms with E-state index in [0.29, 0.717) is 46.4 Å². The second-order valence-electron chi connectivity index (χ2n) is 8.56. The number of hydrogen-bond donors (Lipinski definition) is 2. The summed E-state index contributed by atoms with van der Waals surface area (Å²) in [6.07, 6.45) is 2.59. The van der Waals surface area contributed by atoms with Crippen molar-refractivity contribution >= 4 is 51.3 Å². The van der Waals surface area contributed by atoms with Crippen LogP contribution in [0, 0.1) is 11.3 Å². The molecule has 37 heavy (non-hydrogen) atoms. The van der Waals surface area contributed by atoms with Crippen LogP contribution in [-0.4, -0.2) is 34.2 Å². The number of benzene rings is 1. The smallest absolute Gasteiger partial charge is 0.230 e. The van der Waals surface area contributed by atoms with E-state index in [4.69, 9.17) is 5.73 Å². The molecule has 1 aromatic carbocycles. The first kappa shape index (κ1) is 25.2. The van der Waals surface area contributed by atoms with Gasteiger partial charge in [-0.3, -0.25) is 14.5 Å². The van der Waals surface area contributed by atoms with E-state index in [2.05, 4.69) is 21.6 Å². The standard InChI is InChI=1S/C26H24N6O2S3/c27-14-17-22(20-10-5-13-35-20)23-18(8-4-9-19(23)33)32(24(17)28)25-30-31-26(37-25)36-15-21(34)29-12-11-16-6-2-1-3-7-16/h1-3,5-7,10,13,22H,4,8-9,11-12,15,28H2,(H,29,34). The van der Waals surface area contributed by atoms with E-state index in [0.717, 1.165) is 17.0 Å². The van der Waals surface area contributed by atoms with E-state index < -0.39 is 5.92 Å². The number of Topliss-reactive ketones (excluding diaryl/α,β-unsaturated/α-hetero) is 1. The van der Waals surface area contributed by atoms with Crippen molar-refractivity contribution in [2.75, 3.05) is 17.2 Å². The number of hydrogen-bond acceptors (Lipinski definition) is 10. The minimum Gasteiger partial charge on any atom is -0.384 e. The van der Waals surface area contributed by atoms with Crippen LogP contribution in [0.25, 0.3) is 0 Å². The van der Waals surface area contributed by atoms with Crippen molar-refractivity contribution in [2.24, 2.45) is 5.73 Å². The molecule has 188 valence electrons. The summed E-state index contributed by atoms with van der Waals surface area (Å²) in [6.45, 7) is 0.563. The number of nitrogens with two attached hydrogens (primary N) is 1. The van der Waals surface area contributed by atoms with Crippen molar-refractivity contribution in [2.45, 2.75) is 35.9 Å². The quantitative estimate of drug-likeness (QED) is 0.398. The molecule has 5 rings (SSSR count). The zero-order valence-electron chi connectivity index (χ0n) is 19.8. The van der Waals surface area contributed by atoms with Gasteiger partial charge in [0.1, 0.15) is 5.82 Å². The Morgan fingerprint density at radius 1 is 1.22 bits per heavy atom. The van der Waals surface area contributed by atoms with Gasteiger partial charge in [-0.05, 0) is 36.3 Å². The number of amides is 1. The van der Waals surface area contributed by atoms with Crippen LogP contribution in [0.2, 0.25) is 0 Å². The molecule has 3 heterocycles. The van der Waals surface area contributed by atoms with Crippen molar-refractivity contribution in [1.29, 1.82) is 5.26 Å². The number of aromatic nitrogens is 2. The Kier molecular flexibility index (Phi) is 7.69. The van der Waals surface area contributed by atoms with Gasteiger partial charge in [-0.1, -0.05) is 59.5 Å². The largest absolute Gasteiger partial charge is 0.384 e. The van der Waals surface area contributed by atoms with E-state index in [1.807, 2.05) is 47.8 Å². The number of anilines is 1. The minimum atomic E-state index is -0.453. The predicted molar refractivity (Wildman–Crippen MR) is 146 cm³/mol. The fraction of sp³-hybridized carbons (Fsp3) is 0.269. The zero-order valence-corrected chi connectivity index (χ0v) is 22.3. The summed E-state index contributed by atoms with van der Waals surface area (Å²) in [5, 5.41) is 24.0. The van der Waals surface area contributed by atoms with Crippen molar-refractivity contribution in [3.05, 3.63) is 80.9 Å². The number of thiophene rings is 1. The second kappa shape index (κ2) is 11.3. The molecule has 3 aromatic rings. The molecule has 0 saturated heterocycles. The van der Waals surface area contributed by atoms with Crippen LogP contribution in [0.15, 0.2) is 74.8 Å². The molecule has 0 saturated carbocycles. The molecule has 0 fully saturated rings. The average molecular weight is 549 g/mol. The van der Waals surface area contributed by atoms with E-state index in [-0.39, 0.29) is 23.3 Å². The monoisotopic (exact) mass is 548 g/mol. The van der Waals surface area contributed by atoms with Crippen molar-refractivity contribution in [3.63, 3.8) is 0 Å². The molecule has 1 amide bonds. The van der Waals surface area contributed by atoms with Gasteiger partial charge in [0.25, 0.3) is 0 Å². The topological polar surface area (TPSA) is 125 Å². The summed E-state index contributed by atoms with van der Waals surface area (Å²) < 4.78 is 0.615. The third-order valence-corrected chi connectivity index (χ3v) is 9.21. The van der Waals surface area contributed by atoms with E-state index in [1.54, 1.807) is 4.90 Å². The maximum Gasteiger partial charge on any atom is 0.230 e. The Labute approximate surface area is 226 Å². The van der Waals surface area contributed by atoms with Gasteiger partial charge in [0.15, 0.2) is 10.1 Å². The lowest BCUT2D eigenvalue weighted by molar-refractivity contribution is -0.118. The third kappa shape index (κ3) is 5.32. The predicted octanol–water partition coefficient (Wildman–Crippen LogP) is 4.36. The summed E-state index contributed by atoms with van der Waals surface area (Å²) in [4.78, 5) is 28.1. The second-order valence-corrected chi connectivity index (χ2v) is 11.7. The highest BCUT2D eigenvalue weighted by Crippen LogP contribution is 2.47. The highest BCUT2D eigenvalue weighted by molar-refractivity contribution is 8.01. The number of carbonyl (C=O) groups is 2. The van der Waals surface area contributed by atoms with Crippen LogP contribution in [0.3, 0.4) is 0 Å². The molecule has 1 aliphatic carbocycles. The molecule has 2 aliphatic rings. The van der Waals surface area contributed by atoms with Gasteiger partial charge in [0.05, 0.1) is 23.3 Å². The third-order valence-electron chi connectivity index (χ3n) is 6.23. The number of thioether (sulfide) groups is 1. The molecule has 2 aromatic heterocycles. The number of nitrogens with one attached hydrogen (secondary N) is 1. The first-order valence-corrected chi connectivity index (χ1v) is 14.5. The minimum absolute atomic E-state index is 0.0381. The molecule has 8 nitrogen and oxygen atoms in total. The maximum atomic E-state index is 13.1. The van der Waals surface area contributed by atoms with E-state index in [1.165, 1.54) is 40.0 Å². The van der Waals surface area contributed by atoms with E-state index in [9.17, 15) is 14.9 Å². The van der Waals surface area contributed by atoms with E-state index >= 15 is 0 Å². The number of rotatable bonds is 8. The van der Waals surface area contributed by atoms with Gasteiger partial charge >= 0.3 is 0 Å². The van der Waals surface area contributed by atoms with Gasteiger partial charge in [-0.2, -0.15) is 5.26 Å². The normalized spacial score (nSPS) is 17.5. The summed E-state index contributed by atoms with van der Waals surface area (Å²) in [5.74, 6) is -0.00350. The molecule has 1 unspecified atom stereocenters. The van der Waals surface area contributed by atoms with Gasteiger partial charge in [0.2, 0.25) is 11.0 Å². The van der Waals surface area contributed by atoms with Crippen molar-refractivity contribution in [1.82, 2.24) is 15.5 Å². The van der Waals surface area contributed by atoms with Gasteiger partial charge in [-0.25, -0.2) is 0 Å². The molecule has 0 bridgehead atoms. The SMILES string of the molecule is N#CC1=C(N)N(c2nnc(SCC(=O)NCCc3ccccc3)s2)C2=C(C(=O)CCC2)C1c1cccs1. The molecule has 1 atom stereocenters. The molecule has 0 radical (unpaired) electrons. The van der Waals surface area contributed by atoms with Crippen LogP contribution >= 0.6 is 34.4 Å². The molecule has 3 N–H and O–H groups in total. The van der Waals surface area contributed by atoms with Crippen LogP contribution in [0.5, 0.6) is 0 Å².